The molecule has 2 aliphatic rings. The summed E-state index contributed by atoms with van der Waals surface area (Å²) in [7, 11) is 3.54. The summed E-state index contributed by atoms with van der Waals surface area (Å²) < 4.78 is 13.5. The van der Waals surface area contributed by atoms with Crippen molar-refractivity contribution in [3.63, 3.8) is 0 Å². The molecule has 0 N–H and O–H groups in total. The quantitative estimate of drug-likeness (QED) is 0.829. The van der Waals surface area contributed by atoms with Crippen molar-refractivity contribution < 1.29 is 14.3 Å². The van der Waals surface area contributed by atoms with Gasteiger partial charge < -0.3 is 18.9 Å². The van der Waals surface area contributed by atoms with Crippen molar-refractivity contribution in [1.29, 1.82) is 0 Å². The molecule has 3 atom stereocenters. The zero-order valence-corrected chi connectivity index (χ0v) is 14.3. The molecule has 3 rings (SSSR count). The Morgan fingerprint density at radius 2 is 2.26 bits per heavy atom. The van der Waals surface area contributed by atoms with E-state index in [9.17, 15) is 4.79 Å². The van der Waals surface area contributed by atoms with Gasteiger partial charge in [-0.1, -0.05) is 0 Å². The lowest BCUT2D eigenvalue weighted by Gasteiger charge is -2.43. The van der Waals surface area contributed by atoms with Crippen LogP contribution in [0.2, 0.25) is 0 Å². The third-order valence-electron chi connectivity index (χ3n) is 5.69. The van der Waals surface area contributed by atoms with Crippen LogP contribution in [0.1, 0.15) is 37.9 Å². The average Bonchev–Trinajstić information content (AvgIpc) is 3.15. The normalized spacial score (nSPS) is 30.5. The first kappa shape index (κ1) is 16.5. The Bertz CT molecular complexity index is 559. The minimum atomic E-state index is -0.171. The summed E-state index contributed by atoms with van der Waals surface area (Å²) in [6, 6.07) is 0.141. The number of likely N-dealkylation sites (tertiary alicyclic amines) is 1. The second kappa shape index (κ2) is 6.61. The molecule has 1 aromatic heterocycles. The van der Waals surface area contributed by atoms with E-state index in [0.29, 0.717) is 13.0 Å². The molecule has 0 spiro atoms. The highest BCUT2D eigenvalue weighted by Gasteiger charge is 2.52. The first-order valence-corrected chi connectivity index (χ1v) is 8.45. The average molecular weight is 321 g/mol. The number of imidazole rings is 1. The van der Waals surface area contributed by atoms with Crippen LogP contribution in [0.4, 0.5) is 0 Å². The molecule has 1 aliphatic heterocycles. The van der Waals surface area contributed by atoms with E-state index < -0.39 is 0 Å². The van der Waals surface area contributed by atoms with Crippen LogP contribution in [0, 0.1) is 6.92 Å². The van der Waals surface area contributed by atoms with Crippen LogP contribution in [0.15, 0.2) is 12.4 Å². The maximum absolute atomic E-state index is 12.8. The van der Waals surface area contributed by atoms with E-state index >= 15 is 0 Å². The second-order valence-electron chi connectivity index (χ2n) is 6.67. The molecule has 1 aliphatic carbocycles. The van der Waals surface area contributed by atoms with Crippen LogP contribution in [-0.2, 0) is 20.8 Å². The summed E-state index contributed by atoms with van der Waals surface area (Å²) in [5, 5.41) is 0. The minimum Gasteiger partial charge on any atom is -0.381 e. The van der Waals surface area contributed by atoms with Gasteiger partial charge in [0.05, 0.1) is 17.7 Å². The number of fused-ring (bicyclic) bond motifs is 1. The highest BCUT2D eigenvalue weighted by Crippen LogP contribution is 2.43. The fourth-order valence-electron chi connectivity index (χ4n) is 4.17. The number of amides is 1. The predicted molar refractivity (Wildman–Crippen MR) is 86.1 cm³/mol. The molecule has 1 saturated carbocycles. The number of rotatable bonds is 5. The van der Waals surface area contributed by atoms with E-state index in [1.165, 1.54) is 0 Å². The van der Waals surface area contributed by atoms with Crippen molar-refractivity contribution >= 4 is 5.91 Å². The summed E-state index contributed by atoms with van der Waals surface area (Å²) >= 11 is 0. The maximum Gasteiger partial charge on any atom is 0.224 e. The van der Waals surface area contributed by atoms with Gasteiger partial charge in [-0.05, 0) is 32.6 Å². The third kappa shape index (κ3) is 3.02. The number of aryl methyl sites for hydroxylation is 2. The van der Waals surface area contributed by atoms with Gasteiger partial charge in [0.15, 0.2) is 0 Å². The Labute approximate surface area is 137 Å². The number of methoxy groups -OCH3 is 2. The fraction of sp³-hybridized carbons (Fsp3) is 0.765. The Hall–Kier alpha value is -1.40. The van der Waals surface area contributed by atoms with Gasteiger partial charge in [-0.2, -0.15) is 0 Å². The molecule has 0 radical (unpaired) electrons. The lowest BCUT2D eigenvalue weighted by atomic mass is 9.79. The lowest BCUT2D eigenvalue weighted by molar-refractivity contribution is -0.140. The van der Waals surface area contributed by atoms with E-state index in [2.05, 4.69) is 4.98 Å². The number of hydrogen-bond acceptors (Lipinski definition) is 4. The number of hydrogen-bond donors (Lipinski definition) is 0. The molecular formula is C17H27N3O3. The van der Waals surface area contributed by atoms with Crippen molar-refractivity contribution in [1.82, 2.24) is 14.5 Å². The first-order chi connectivity index (χ1) is 11.1. The fourth-order valence-corrected chi connectivity index (χ4v) is 4.17. The Kier molecular flexibility index (Phi) is 4.73. The van der Waals surface area contributed by atoms with Crippen molar-refractivity contribution in [3.05, 3.63) is 18.2 Å². The van der Waals surface area contributed by atoms with Gasteiger partial charge in [0.1, 0.15) is 5.82 Å². The van der Waals surface area contributed by atoms with Gasteiger partial charge in [0.25, 0.3) is 0 Å². The Morgan fingerprint density at radius 1 is 1.43 bits per heavy atom. The largest absolute Gasteiger partial charge is 0.381 e. The minimum absolute atomic E-state index is 0.141. The van der Waals surface area contributed by atoms with Crippen molar-refractivity contribution in [2.45, 2.75) is 63.3 Å². The van der Waals surface area contributed by atoms with Gasteiger partial charge in [-0.15, -0.1) is 0 Å². The SMILES string of the molecule is COC1CC[C@@]2(OC)CCN(C(=O)CCn3ccnc3C)C2C1. The van der Waals surface area contributed by atoms with E-state index in [1.54, 1.807) is 20.4 Å². The molecule has 1 amide bonds. The number of ether oxygens (including phenoxy) is 2. The van der Waals surface area contributed by atoms with Crippen LogP contribution < -0.4 is 0 Å². The Balaban J connectivity index is 1.67. The van der Waals surface area contributed by atoms with Crippen molar-refractivity contribution in [2.24, 2.45) is 0 Å². The molecule has 23 heavy (non-hydrogen) atoms. The summed E-state index contributed by atoms with van der Waals surface area (Å²) in [6.07, 6.45) is 8.22. The number of nitrogens with zero attached hydrogens (tertiary/aromatic N) is 3. The first-order valence-electron chi connectivity index (χ1n) is 8.45. The molecule has 6 nitrogen and oxygen atoms in total. The summed E-state index contributed by atoms with van der Waals surface area (Å²) in [4.78, 5) is 19.0. The van der Waals surface area contributed by atoms with Crippen molar-refractivity contribution in [3.8, 4) is 0 Å². The summed E-state index contributed by atoms with van der Waals surface area (Å²) in [5.41, 5.74) is -0.171. The molecule has 6 heteroatoms. The van der Waals surface area contributed by atoms with E-state index in [4.69, 9.17) is 9.47 Å². The highest BCUT2D eigenvalue weighted by molar-refractivity contribution is 5.77. The van der Waals surface area contributed by atoms with Crippen LogP contribution in [-0.4, -0.2) is 58.9 Å². The molecule has 2 unspecified atom stereocenters. The second-order valence-corrected chi connectivity index (χ2v) is 6.67. The van der Waals surface area contributed by atoms with E-state index in [-0.39, 0.29) is 23.7 Å². The Morgan fingerprint density at radius 3 is 2.91 bits per heavy atom. The highest BCUT2D eigenvalue weighted by atomic mass is 16.5. The van der Waals surface area contributed by atoms with Crippen LogP contribution in [0.25, 0.3) is 0 Å². The molecule has 0 bridgehead atoms. The standard InChI is InChI=1S/C17H27N3O3/c1-13-18-8-11-19(13)9-5-16(21)20-10-7-17(23-3)6-4-14(22-2)12-15(17)20/h8,11,14-15H,4-7,9-10,12H2,1-3H3/t14?,15?,17-/m1/s1. The molecule has 128 valence electrons. The number of aromatic nitrogens is 2. The predicted octanol–water partition coefficient (Wildman–Crippen LogP) is 1.77. The van der Waals surface area contributed by atoms with Crippen molar-refractivity contribution in [2.75, 3.05) is 20.8 Å². The molecule has 1 aromatic rings. The molecule has 2 fully saturated rings. The topological polar surface area (TPSA) is 56.6 Å². The monoisotopic (exact) mass is 321 g/mol. The molecule has 2 heterocycles. The van der Waals surface area contributed by atoms with E-state index in [0.717, 1.165) is 38.1 Å². The summed E-state index contributed by atoms with van der Waals surface area (Å²) in [5.74, 6) is 1.15. The van der Waals surface area contributed by atoms with Gasteiger partial charge in [-0.3, -0.25) is 4.79 Å². The lowest BCUT2D eigenvalue weighted by Crippen LogP contribution is -2.53. The van der Waals surface area contributed by atoms with Gasteiger partial charge in [0.2, 0.25) is 5.91 Å². The van der Waals surface area contributed by atoms with Gasteiger partial charge in [-0.25, -0.2) is 4.98 Å². The number of carbonyl (C=O) groups excluding carboxylic acids is 1. The molecular weight excluding hydrogens is 294 g/mol. The number of carbonyl (C=O) groups is 1. The van der Waals surface area contributed by atoms with Gasteiger partial charge in [0, 0.05) is 46.1 Å². The zero-order valence-electron chi connectivity index (χ0n) is 14.3. The van der Waals surface area contributed by atoms with E-state index in [1.807, 2.05) is 22.6 Å². The smallest absolute Gasteiger partial charge is 0.224 e. The van der Waals surface area contributed by atoms with Gasteiger partial charge >= 0.3 is 0 Å². The maximum atomic E-state index is 12.8. The molecule has 0 aromatic carbocycles. The van der Waals surface area contributed by atoms with Crippen LogP contribution >= 0.6 is 0 Å². The third-order valence-corrected chi connectivity index (χ3v) is 5.69. The van der Waals surface area contributed by atoms with Crippen LogP contribution in [0.5, 0.6) is 0 Å². The summed E-state index contributed by atoms with van der Waals surface area (Å²) in [6.45, 7) is 3.43. The molecule has 1 saturated heterocycles. The zero-order chi connectivity index (χ0) is 16.4. The van der Waals surface area contributed by atoms with Crippen LogP contribution in [0.3, 0.4) is 0 Å².